The Bertz CT molecular complexity index is 839. The molecule has 1 atom stereocenters. The predicted octanol–water partition coefficient (Wildman–Crippen LogP) is 4.50. The van der Waals surface area contributed by atoms with Crippen molar-refractivity contribution in [1.82, 2.24) is 5.32 Å². The lowest BCUT2D eigenvalue weighted by atomic mass is 10.1. The largest absolute Gasteiger partial charge is 0.488 e. The number of benzene rings is 2. The number of nitrogens with zero attached hydrogens (tertiary/aromatic N) is 1. The predicted molar refractivity (Wildman–Crippen MR) is 101 cm³/mol. The van der Waals surface area contributed by atoms with Gasteiger partial charge in [-0.25, -0.2) is 0 Å². The maximum Gasteiger partial charge on any atom is 0.259 e. The molecule has 1 amide bonds. The van der Waals surface area contributed by atoms with Gasteiger partial charge in [-0.05, 0) is 31.2 Å². The van der Waals surface area contributed by atoms with Gasteiger partial charge in [-0.15, -0.1) is 0 Å². The maximum absolute atomic E-state index is 12.1. The van der Waals surface area contributed by atoms with Crippen molar-refractivity contribution in [3.05, 3.63) is 57.5 Å². The van der Waals surface area contributed by atoms with Gasteiger partial charge in [-0.3, -0.25) is 4.79 Å². The Kier molecular flexibility index (Phi) is 6.98. The van der Waals surface area contributed by atoms with Gasteiger partial charge < -0.3 is 14.8 Å². The van der Waals surface area contributed by atoms with Crippen LogP contribution in [-0.4, -0.2) is 24.7 Å². The van der Waals surface area contributed by atoms with Crippen molar-refractivity contribution in [2.75, 3.05) is 13.2 Å². The van der Waals surface area contributed by atoms with Gasteiger partial charge in [0.1, 0.15) is 18.1 Å². The van der Waals surface area contributed by atoms with E-state index in [0.717, 1.165) is 0 Å². The molecule has 0 heterocycles. The summed E-state index contributed by atoms with van der Waals surface area (Å²) < 4.78 is 10.9. The maximum atomic E-state index is 12.1. The van der Waals surface area contributed by atoms with E-state index >= 15 is 0 Å². The van der Waals surface area contributed by atoms with Crippen LogP contribution < -0.4 is 14.8 Å². The zero-order valence-electron chi connectivity index (χ0n) is 13.8. The molecule has 0 aliphatic rings. The molecule has 1 unspecified atom stereocenters. The molecule has 2 aromatic rings. The fraction of sp³-hybridized carbons (Fsp3) is 0.222. The minimum absolute atomic E-state index is 0.0776. The highest BCUT2D eigenvalue weighted by molar-refractivity contribution is 6.42. The number of carbonyl (C=O) groups excluding carboxylic acids is 1. The first-order valence-electron chi connectivity index (χ1n) is 7.50. The van der Waals surface area contributed by atoms with Gasteiger partial charge in [-0.1, -0.05) is 46.9 Å². The van der Waals surface area contributed by atoms with Crippen LogP contribution in [0.15, 0.2) is 42.5 Å². The van der Waals surface area contributed by atoms with Crippen LogP contribution in [-0.2, 0) is 4.79 Å². The van der Waals surface area contributed by atoms with Crippen molar-refractivity contribution >= 4 is 40.7 Å². The van der Waals surface area contributed by atoms with E-state index in [-0.39, 0.29) is 13.2 Å². The number of amides is 1. The van der Waals surface area contributed by atoms with E-state index in [0.29, 0.717) is 26.6 Å². The van der Waals surface area contributed by atoms with Gasteiger partial charge in [-0.2, -0.15) is 5.26 Å². The van der Waals surface area contributed by atoms with Gasteiger partial charge >= 0.3 is 0 Å². The molecule has 8 heteroatoms. The summed E-state index contributed by atoms with van der Waals surface area (Å²) in [4.78, 5) is 12.1. The highest BCUT2D eigenvalue weighted by Gasteiger charge is 2.27. The van der Waals surface area contributed by atoms with Crippen LogP contribution in [0.1, 0.15) is 6.92 Å². The molecule has 0 fully saturated rings. The van der Waals surface area contributed by atoms with E-state index in [1.54, 1.807) is 43.3 Å². The van der Waals surface area contributed by atoms with Gasteiger partial charge in [0.05, 0.1) is 21.1 Å². The first-order chi connectivity index (χ1) is 12.3. The van der Waals surface area contributed by atoms with Gasteiger partial charge in [0.15, 0.2) is 12.1 Å². The lowest BCUT2D eigenvalue weighted by Crippen LogP contribution is -2.50. The molecule has 0 saturated carbocycles. The van der Waals surface area contributed by atoms with Gasteiger partial charge in [0.2, 0.25) is 0 Å². The number of hydrogen-bond acceptors (Lipinski definition) is 4. The number of rotatable bonds is 7. The number of hydrogen-bond donors (Lipinski definition) is 1. The second-order valence-corrected chi connectivity index (χ2v) is 6.80. The van der Waals surface area contributed by atoms with Crippen LogP contribution in [0.4, 0.5) is 0 Å². The second kappa shape index (κ2) is 9.00. The first kappa shape index (κ1) is 20.2. The average Bonchev–Trinajstić information content (AvgIpc) is 2.62. The fourth-order valence-corrected chi connectivity index (χ4v) is 2.42. The number of nitriles is 1. The third-order valence-corrected chi connectivity index (χ3v) is 4.33. The van der Waals surface area contributed by atoms with E-state index in [1.807, 2.05) is 6.07 Å². The molecule has 0 aromatic heterocycles. The Morgan fingerprint density at radius 1 is 1.12 bits per heavy atom. The van der Waals surface area contributed by atoms with E-state index in [9.17, 15) is 10.1 Å². The summed E-state index contributed by atoms with van der Waals surface area (Å²) >= 11 is 17.7. The van der Waals surface area contributed by atoms with E-state index in [2.05, 4.69) is 5.32 Å². The minimum atomic E-state index is -1.25. The summed E-state index contributed by atoms with van der Waals surface area (Å²) in [5.74, 6) is 0.334. The topological polar surface area (TPSA) is 71.3 Å². The summed E-state index contributed by atoms with van der Waals surface area (Å²) in [6.45, 7) is 1.17. The van der Waals surface area contributed by atoms with Crippen LogP contribution in [0.2, 0.25) is 15.1 Å². The number of ether oxygens (including phenoxy) is 2. The number of para-hydroxylation sites is 1. The third-order valence-electron chi connectivity index (χ3n) is 3.28. The zero-order valence-corrected chi connectivity index (χ0v) is 16.0. The number of nitrogens with one attached hydrogen (secondary N) is 1. The summed E-state index contributed by atoms with van der Waals surface area (Å²) in [5.41, 5.74) is -1.25. The Hall–Kier alpha value is -2.13. The fourth-order valence-electron chi connectivity index (χ4n) is 1.94. The van der Waals surface area contributed by atoms with E-state index in [1.165, 1.54) is 6.07 Å². The molecular weight excluding hydrogens is 399 g/mol. The highest BCUT2D eigenvalue weighted by atomic mass is 35.5. The monoisotopic (exact) mass is 412 g/mol. The molecule has 26 heavy (non-hydrogen) atoms. The van der Waals surface area contributed by atoms with Crippen molar-refractivity contribution in [2.24, 2.45) is 0 Å². The van der Waals surface area contributed by atoms with Crippen molar-refractivity contribution in [2.45, 2.75) is 12.5 Å². The van der Waals surface area contributed by atoms with Crippen LogP contribution in [0.25, 0.3) is 0 Å². The Labute approximate surface area is 166 Å². The van der Waals surface area contributed by atoms with Crippen LogP contribution >= 0.6 is 34.8 Å². The molecule has 0 aliphatic heterocycles. The standard InChI is InChI=1S/C18H15Cl3N2O3/c1-18(10-22,11-26-16-5-3-2-4-14(16)20)23-17(24)9-25-12-6-7-13(19)15(21)8-12/h2-8H,9,11H2,1H3,(H,23,24). The molecule has 2 rings (SSSR count). The van der Waals surface area contributed by atoms with E-state index in [4.69, 9.17) is 44.3 Å². The molecule has 5 nitrogen and oxygen atoms in total. The molecule has 0 bridgehead atoms. The average molecular weight is 414 g/mol. The molecular formula is C18H15Cl3N2O3. The lowest BCUT2D eigenvalue weighted by molar-refractivity contribution is -0.124. The highest BCUT2D eigenvalue weighted by Crippen LogP contribution is 2.26. The summed E-state index contributed by atoms with van der Waals surface area (Å²) in [6, 6.07) is 13.5. The van der Waals surface area contributed by atoms with Crippen molar-refractivity contribution < 1.29 is 14.3 Å². The van der Waals surface area contributed by atoms with Gasteiger partial charge in [0, 0.05) is 6.07 Å². The molecule has 0 aliphatic carbocycles. The molecule has 0 radical (unpaired) electrons. The molecule has 136 valence electrons. The third kappa shape index (κ3) is 5.70. The van der Waals surface area contributed by atoms with Crippen LogP contribution in [0.3, 0.4) is 0 Å². The SMILES string of the molecule is CC(C#N)(COc1ccccc1Cl)NC(=O)COc1ccc(Cl)c(Cl)c1. The van der Waals surface area contributed by atoms with Gasteiger partial charge in [0.25, 0.3) is 5.91 Å². The minimum Gasteiger partial charge on any atom is -0.488 e. The Balaban J connectivity index is 1.91. The van der Waals surface area contributed by atoms with Crippen molar-refractivity contribution in [3.63, 3.8) is 0 Å². The molecule has 0 spiro atoms. The Morgan fingerprint density at radius 3 is 2.50 bits per heavy atom. The normalized spacial score (nSPS) is 12.6. The summed E-state index contributed by atoms with van der Waals surface area (Å²) in [7, 11) is 0. The van der Waals surface area contributed by atoms with Crippen LogP contribution in [0, 0.1) is 11.3 Å². The summed E-state index contributed by atoms with van der Waals surface area (Å²) in [5, 5.41) is 13.1. The Morgan fingerprint density at radius 2 is 1.85 bits per heavy atom. The number of carbonyl (C=O) groups is 1. The molecule has 2 aromatic carbocycles. The van der Waals surface area contributed by atoms with Crippen molar-refractivity contribution in [3.8, 4) is 17.6 Å². The summed E-state index contributed by atoms with van der Waals surface area (Å²) in [6.07, 6.45) is 0. The van der Waals surface area contributed by atoms with E-state index < -0.39 is 11.4 Å². The zero-order chi connectivity index (χ0) is 19.2. The quantitative estimate of drug-likeness (QED) is 0.725. The molecule has 1 N–H and O–H groups in total. The van der Waals surface area contributed by atoms with Crippen LogP contribution in [0.5, 0.6) is 11.5 Å². The first-order valence-corrected chi connectivity index (χ1v) is 8.64. The lowest BCUT2D eigenvalue weighted by Gasteiger charge is -2.23. The molecule has 0 saturated heterocycles. The number of halogens is 3. The smallest absolute Gasteiger partial charge is 0.259 e. The second-order valence-electron chi connectivity index (χ2n) is 5.58. The van der Waals surface area contributed by atoms with Crippen molar-refractivity contribution in [1.29, 1.82) is 5.26 Å².